The van der Waals surface area contributed by atoms with Crippen molar-refractivity contribution >= 4 is 0 Å². The zero-order valence-corrected chi connectivity index (χ0v) is 11.6. The monoisotopic (exact) mass is 256 g/mol. The minimum absolute atomic E-state index is 0. The molecular formula is C12H22Zr. The fourth-order valence-corrected chi connectivity index (χ4v) is 1.13. The molecule has 13 heavy (non-hydrogen) atoms. The molecule has 0 aromatic carbocycles. The fraction of sp³-hybridized carbons (Fsp3) is 0.750. The Labute approximate surface area is 103 Å². The largest absolute Gasteiger partial charge is 2.00 e. The van der Waals surface area contributed by atoms with Crippen LogP contribution < -0.4 is 0 Å². The van der Waals surface area contributed by atoms with E-state index >= 15 is 0 Å². The smallest absolute Gasteiger partial charge is 0.500 e. The molecule has 0 aliphatic heterocycles. The second-order valence-corrected chi connectivity index (χ2v) is 3.24. The Balaban J connectivity index is 0. The quantitative estimate of drug-likeness (QED) is 0.471. The topological polar surface area (TPSA) is 0 Å². The van der Waals surface area contributed by atoms with Gasteiger partial charge in [0.05, 0.1) is 0 Å². The van der Waals surface area contributed by atoms with Gasteiger partial charge in [-0.05, 0) is 0 Å². The number of hydrogen-bond donors (Lipinski definition) is 0. The van der Waals surface area contributed by atoms with Crippen molar-refractivity contribution < 1.29 is 26.2 Å². The average Bonchev–Trinajstić information content (AvgIpc) is 2.11. The minimum atomic E-state index is 0. The fourth-order valence-electron chi connectivity index (χ4n) is 1.13. The van der Waals surface area contributed by atoms with Crippen molar-refractivity contribution in [3.63, 3.8) is 0 Å². The number of unbranched alkanes of at least 4 members (excludes halogenated alkanes) is 3. The van der Waals surface area contributed by atoms with Crippen LogP contribution in [0.4, 0.5) is 0 Å². The summed E-state index contributed by atoms with van der Waals surface area (Å²) >= 11 is 0. The Morgan fingerprint density at radius 1 is 1.15 bits per heavy atom. The molecule has 0 aromatic rings. The Bertz CT molecular complexity index is 116. The van der Waals surface area contributed by atoms with Crippen LogP contribution in [0.5, 0.6) is 0 Å². The molecule has 0 radical (unpaired) electrons. The van der Waals surface area contributed by atoms with E-state index in [2.05, 4.69) is 26.8 Å². The van der Waals surface area contributed by atoms with Crippen LogP contribution in [0.15, 0.2) is 5.57 Å². The van der Waals surface area contributed by atoms with Crippen molar-refractivity contribution in [1.82, 2.24) is 0 Å². The maximum Gasteiger partial charge on any atom is 2.00 e. The van der Waals surface area contributed by atoms with E-state index in [0.29, 0.717) is 0 Å². The molecule has 0 aliphatic carbocycles. The van der Waals surface area contributed by atoms with Crippen LogP contribution in [0, 0.1) is 13.0 Å². The summed E-state index contributed by atoms with van der Waals surface area (Å²) in [5.74, 6) is 0. The van der Waals surface area contributed by atoms with Crippen molar-refractivity contribution in [1.29, 1.82) is 0 Å². The van der Waals surface area contributed by atoms with Crippen molar-refractivity contribution in [2.24, 2.45) is 0 Å². The van der Waals surface area contributed by atoms with Gasteiger partial charge in [-0.15, -0.1) is 0 Å². The summed E-state index contributed by atoms with van der Waals surface area (Å²) in [6.45, 7) is 8.37. The van der Waals surface area contributed by atoms with Crippen LogP contribution in [0.25, 0.3) is 0 Å². The molecule has 0 bridgehead atoms. The van der Waals surface area contributed by atoms with Crippen molar-refractivity contribution in [2.45, 2.75) is 58.8 Å². The van der Waals surface area contributed by atoms with Gasteiger partial charge in [0, 0.05) is 0 Å². The normalized spacial score (nSPS) is 11.2. The minimum Gasteiger partial charge on any atom is -0.500 e. The van der Waals surface area contributed by atoms with Gasteiger partial charge in [-0.25, -0.2) is 0 Å². The van der Waals surface area contributed by atoms with Crippen LogP contribution in [0.2, 0.25) is 0 Å². The third kappa shape index (κ3) is 10.5. The molecule has 0 amide bonds. The van der Waals surface area contributed by atoms with E-state index in [-0.39, 0.29) is 26.2 Å². The van der Waals surface area contributed by atoms with E-state index in [9.17, 15) is 0 Å². The van der Waals surface area contributed by atoms with Crippen LogP contribution in [-0.2, 0) is 26.2 Å². The predicted octanol–water partition coefficient (Wildman–Crippen LogP) is 4.32. The molecule has 0 saturated carbocycles. The molecule has 1 heteroatoms. The van der Waals surface area contributed by atoms with Crippen LogP contribution in [0.1, 0.15) is 58.8 Å². The molecule has 0 heterocycles. The van der Waals surface area contributed by atoms with Crippen molar-refractivity contribution in [2.75, 3.05) is 0 Å². The van der Waals surface area contributed by atoms with Gasteiger partial charge < -0.3 is 13.0 Å². The van der Waals surface area contributed by atoms with Crippen LogP contribution in [-0.4, -0.2) is 0 Å². The van der Waals surface area contributed by atoms with E-state index in [4.69, 9.17) is 0 Å². The van der Waals surface area contributed by atoms with Gasteiger partial charge in [0.1, 0.15) is 0 Å². The zero-order valence-electron chi connectivity index (χ0n) is 9.16. The first-order valence-corrected chi connectivity index (χ1v) is 5.22. The van der Waals surface area contributed by atoms with E-state index < -0.39 is 0 Å². The van der Waals surface area contributed by atoms with Gasteiger partial charge in [-0.2, -0.15) is 12.8 Å². The molecule has 0 aliphatic rings. The maximum atomic E-state index is 3.92. The van der Waals surface area contributed by atoms with Gasteiger partial charge in [-0.3, -0.25) is 5.57 Å². The molecular weight excluding hydrogens is 235 g/mol. The van der Waals surface area contributed by atoms with Gasteiger partial charge in [0.25, 0.3) is 0 Å². The van der Waals surface area contributed by atoms with Gasteiger partial charge in [0.15, 0.2) is 0 Å². The van der Waals surface area contributed by atoms with Crippen LogP contribution in [0.3, 0.4) is 0 Å². The van der Waals surface area contributed by atoms with Gasteiger partial charge >= 0.3 is 26.2 Å². The summed E-state index contributed by atoms with van der Waals surface area (Å²) < 4.78 is 0. The Hall–Kier alpha value is 0.623. The second-order valence-electron chi connectivity index (χ2n) is 3.24. The SMILES string of the molecule is [CH2-]CC(=[C-]CCCC)CCCC.[Zr+2]. The van der Waals surface area contributed by atoms with Crippen molar-refractivity contribution in [3.8, 4) is 0 Å². The Morgan fingerprint density at radius 3 is 2.23 bits per heavy atom. The number of allylic oxidation sites excluding steroid dienone is 2. The van der Waals surface area contributed by atoms with Crippen LogP contribution >= 0.6 is 0 Å². The standard InChI is InChI=1S/C12H22.Zr/c1-4-7-9-11-12(6-3)10-8-5-2;/h3-10H2,1-2H3;/q-2;+2. The van der Waals surface area contributed by atoms with Gasteiger partial charge in [-0.1, -0.05) is 46.0 Å². The summed E-state index contributed by atoms with van der Waals surface area (Å²) in [7, 11) is 0. The molecule has 0 aromatic heterocycles. The van der Waals surface area contributed by atoms with Crippen molar-refractivity contribution in [3.05, 3.63) is 18.6 Å². The van der Waals surface area contributed by atoms with Gasteiger partial charge in [0.2, 0.25) is 0 Å². The molecule has 0 fully saturated rings. The van der Waals surface area contributed by atoms with E-state index in [1.807, 2.05) is 0 Å². The third-order valence-corrected chi connectivity index (χ3v) is 2.04. The zero-order chi connectivity index (χ0) is 9.23. The molecule has 0 spiro atoms. The molecule has 0 atom stereocenters. The molecule has 0 unspecified atom stereocenters. The molecule has 74 valence electrons. The maximum absolute atomic E-state index is 3.92. The Morgan fingerprint density at radius 2 is 1.77 bits per heavy atom. The first-order chi connectivity index (χ1) is 5.85. The summed E-state index contributed by atoms with van der Waals surface area (Å²) in [6, 6.07) is 0. The molecule has 0 nitrogen and oxygen atoms in total. The first kappa shape index (κ1) is 16.1. The molecule has 0 N–H and O–H groups in total. The van der Waals surface area contributed by atoms with E-state index in [1.165, 1.54) is 37.7 Å². The molecule has 0 saturated heterocycles. The molecule has 0 rings (SSSR count). The number of hydrogen-bond acceptors (Lipinski definition) is 0. The summed E-state index contributed by atoms with van der Waals surface area (Å²) in [6.07, 6.45) is 11.9. The van der Waals surface area contributed by atoms with E-state index in [1.54, 1.807) is 0 Å². The average molecular weight is 258 g/mol. The third-order valence-electron chi connectivity index (χ3n) is 2.04. The summed E-state index contributed by atoms with van der Waals surface area (Å²) in [5, 5.41) is 0. The Kier molecular flexibility index (Phi) is 15.6. The van der Waals surface area contributed by atoms with E-state index in [0.717, 1.165) is 12.8 Å². The summed E-state index contributed by atoms with van der Waals surface area (Å²) in [4.78, 5) is 0. The second kappa shape index (κ2) is 12.6. The number of rotatable bonds is 7. The predicted molar refractivity (Wildman–Crippen MR) is 55.8 cm³/mol. The first-order valence-electron chi connectivity index (χ1n) is 5.22. The summed E-state index contributed by atoms with van der Waals surface area (Å²) in [5.41, 5.74) is 1.44.